The van der Waals surface area contributed by atoms with Gasteiger partial charge < -0.3 is 79.5 Å². The highest BCUT2D eigenvalue weighted by Gasteiger charge is 2.46. The van der Waals surface area contributed by atoms with E-state index in [4.69, 9.17) is 23.4 Å². The van der Waals surface area contributed by atoms with Crippen LogP contribution in [0.3, 0.4) is 0 Å². The molecule has 17 nitrogen and oxygen atoms in total. The zero-order valence-corrected chi connectivity index (χ0v) is 22.7. The van der Waals surface area contributed by atoms with Crippen LogP contribution in [0, 0.1) is 0 Å². The maximum atomic E-state index is 13.8. The van der Waals surface area contributed by atoms with Crippen LogP contribution in [-0.2, 0) is 9.47 Å². The van der Waals surface area contributed by atoms with E-state index in [0.717, 1.165) is 18.2 Å². The first-order valence-corrected chi connectivity index (χ1v) is 13.2. The molecule has 0 spiro atoms. The number of hydrogen-bond acceptors (Lipinski definition) is 17. The Labute approximate surface area is 246 Å². The number of benzene rings is 2. The molecule has 2 saturated heterocycles. The van der Waals surface area contributed by atoms with E-state index in [1.807, 2.05) is 0 Å². The minimum atomic E-state index is -1.97. The van der Waals surface area contributed by atoms with Crippen molar-refractivity contribution in [3.8, 4) is 45.8 Å². The third-order valence-corrected chi connectivity index (χ3v) is 7.43. The molecule has 10 atom stereocenters. The largest absolute Gasteiger partial charge is 0.504 e. The third-order valence-electron chi connectivity index (χ3n) is 7.43. The summed E-state index contributed by atoms with van der Waals surface area (Å²) in [6.07, 6.45) is -16.6. The van der Waals surface area contributed by atoms with Gasteiger partial charge in [-0.25, -0.2) is 0 Å². The smallest absolute Gasteiger partial charge is 0.239 e. The Balaban J connectivity index is 1.64. The average molecular weight is 627 g/mol. The summed E-state index contributed by atoms with van der Waals surface area (Å²) >= 11 is 0. The van der Waals surface area contributed by atoms with Gasteiger partial charge in [-0.05, 0) is 25.1 Å². The van der Waals surface area contributed by atoms with Gasteiger partial charge in [-0.2, -0.15) is 0 Å². The molecule has 3 heterocycles. The van der Waals surface area contributed by atoms with Crippen molar-refractivity contribution in [3.63, 3.8) is 0 Å². The van der Waals surface area contributed by atoms with Gasteiger partial charge in [0.25, 0.3) is 0 Å². The van der Waals surface area contributed by atoms with E-state index in [9.17, 15) is 61.0 Å². The van der Waals surface area contributed by atoms with Crippen molar-refractivity contribution in [2.24, 2.45) is 0 Å². The van der Waals surface area contributed by atoms with Crippen LogP contribution in [0.1, 0.15) is 6.92 Å². The van der Waals surface area contributed by atoms with Crippen LogP contribution in [0.25, 0.3) is 22.3 Å². The number of rotatable bonds is 6. The lowest BCUT2D eigenvalue weighted by atomic mass is 9.99. The molecule has 0 bridgehead atoms. The van der Waals surface area contributed by atoms with Crippen LogP contribution in [0.4, 0.5) is 0 Å². The Bertz CT molecular complexity index is 1590. The van der Waals surface area contributed by atoms with Gasteiger partial charge in [-0.3, -0.25) is 4.79 Å². The quantitative estimate of drug-likeness (QED) is 0.128. The molecule has 17 heteroatoms. The molecule has 3 aromatic rings. The summed E-state index contributed by atoms with van der Waals surface area (Å²) in [6, 6.07) is 4.12. The SMILES string of the molecule is C[C@@H]1O[C@@H](Oc2cc3oc(-c4ccc(O)c(O)c4)c(O[C@@H]4O[C@H](CO)[C@@H](O)[C@H](O)[C@H]4O)c(=O)c3c(O)c2O)[C@H](O)[C@H](O)[C@H]1O. The molecule has 2 aromatic carbocycles. The normalized spacial score (nSPS) is 32.5. The van der Waals surface area contributed by atoms with Gasteiger partial charge in [0.15, 0.2) is 28.8 Å². The average Bonchev–Trinajstić information content (AvgIpc) is 2.99. The number of aliphatic hydroxyl groups excluding tert-OH is 7. The molecule has 0 unspecified atom stereocenters. The van der Waals surface area contributed by atoms with Crippen molar-refractivity contribution in [1.29, 1.82) is 0 Å². The van der Waals surface area contributed by atoms with E-state index in [0.29, 0.717) is 0 Å². The van der Waals surface area contributed by atoms with Crippen LogP contribution < -0.4 is 14.9 Å². The van der Waals surface area contributed by atoms with Crippen LogP contribution in [0.5, 0.6) is 34.5 Å². The number of aromatic hydroxyl groups is 4. The van der Waals surface area contributed by atoms with Gasteiger partial charge in [0.05, 0.1) is 12.7 Å². The maximum Gasteiger partial charge on any atom is 0.239 e. The fourth-order valence-corrected chi connectivity index (χ4v) is 4.85. The second-order valence-corrected chi connectivity index (χ2v) is 10.4. The minimum absolute atomic E-state index is 0.106. The Hall–Kier alpha value is -3.91. The first-order chi connectivity index (χ1) is 20.7. The molecule has 2 fully saturated rings. The zero-order valence-electron chi connectivity index (χ0n) is 22.7. The second-order valence-electron chi connectivity index (χ2n) is 10.4. The van der Waals surface area contributed by atoms with E-state index in [-0.39, 0.29) is 5.56 Å². The van der Waals surface area contributed by atoms with E-state index in [1.165, 1.54) is 13.0 Å². The predicted octanol–water partition coefficient (Wildman–Crippen LogP) is -2.33. The van der Waals surface area contributed by atoms with Gasteiger partial charge in [0.1, 0.15) is 53.7 Å². The Morgan fingerprint density at radius 2 is 1.39 bits per heavy atom. The lowest BCUT2D eigenvalue weighted by molar-refractivity contribution is -0.277. The predicted molar refractivity (Wildman–Crippen MR) is 142 cm³/mol. The van der Waals surface area contributed by atoms with Gasteiger partial charge >= 0.3 is 0 Å². The molecule has 0 amide bonds. The van der Waals surface area contributed by atoms with E-state index in [2.05, 4.69) is 0 Å². The van der Waals surface area contributed by atoms with Crippen molar-refractivity contribution in [2.75, 3.05) is 6.61 Å². The molecular formula is C27H30O17. The lowest BCUT2D eigenvalue weighted by Gasteiger charge is -2.39. The van der Waals surface area contributed by atoms with Crippen molar-refractivity contribution in [3.05, 3.63) is 34.5 Å². The van der Waals surface area contributed by atoms with Crippen molar-refractivity contribution in [1.82, 2.24) is 0 Å². The molecular weight excluding hydrogens is 596 g/mol. The highest BCUT2D eigenvalue weighted by Crippen LogP contribution is 2.45. The van der Waals surface area contributed by atoms with Crippen LogP contribution in [-0.4, -0.2) is 124 Å². The number of aliphatic hydroxyl groups is 7. The first kappa shape index (κ1) is 31.5. The van der Waals surface area contributed by atoms with Crippen LogP contribution in [0.2, 0.25) is 0 Å². The Morgan fingerprint density at radius 3 is 2.02 bits per heavy atom. The number of phenols is 4. The molecule has 11 N–H and O–H groups in total. The van der Waals surface area contributed by atoms with Crippen molar-refractivity contribution >= 4 is 11.0 Å². The second kappa shape index (κ2) is 11.9. The summed E-state index contributed by atoms with van der Waals surface area (Å²) < 4.78 is 27.5. The Morgan fingerprint density at radius 1 is 0.750 bits per heavy atom. The number of phenolic OH excluding ortho intramolecular Hbond substituents is 4. The maximum absolute atomic E-state index is 13.8. The molecule has 2 aliphatic heterocycles. The third kappa shape index (κ3) is 5.34. The summed E-state index contributed by atoms with van der Waals surface area (Å²) in [5.41, 5.74) is -1.76. The van der Waals surface area contributed by atoms with Crippen molar-refractivity contribution < 1.29 is 79.5 Å². The number of fused-ring (bicyclic) bond motifs is 1. The molecule has 240 valence electrons. The summed E-state index contributed by atoms with van der Waals surface area (Å²) in [4.78, 5) is 13.8. The number of hydrogen-bond donors (Lipinski definition) is 11. The molecule has 0 saturated carbocycles. The minimum Gasteiger partial charge on any atom is -0.504 e. The molecule has 2 aliphatic rings. The van der Waals surface area contributed by atoms with Gasteiger partial charge in [0, 0.05) is 11.6 Å². The summed E-state index contributed by atoms with van der Waals surface area (Å²) in [7, 11) is 0. The van der Waals surface area contributed by atoms with Gasteiger partial charge in [0.2, 0.25) is 29.5 Å². The van der Waals surface area contributed by atoms with Gasteiger partial charge in [-0.15, -0.1) is 0 Å². The standard InChI is InChI=1S/C27H30O17/c1-7-15(31)20(36)22(38)26(40-7)42-12-5-11-14(18(34)16(12)32)19(35)25(24(41-11)8-2-3-9(29)10(30)4-8)44-27-23(39)21(37)17(33)13(6-28)43-27/h2-5,7,13,15,17,20-23,26-34,36-39H,6H2,1H3/t7-,13+,15-,17+,20+,21-,22+,23+,26-,27-/m0/s1. The van der Waals surface area contributed by atoms with Gasteiger partial charge in [-0.1, -0.05) is 0 Å². The highest BCUT2D eigenvalue weighted by molar-refractivity contribution is 5.91. The molecule has 5 rings (SSSR count). The lowest BCUT2D eigenvalue weighted by Crippen LogP contribution is -2.60. The monoisotopic (exact) mass is 626 g/mol. The fraction of sp³-hybridized carbons (Fsp3) is 0.444. The van der Waals surface area contributed by atoms with Crippen molar-refractivity contribution in [2.45, 2.75) is 68.3 Å². The van der Waals surface area contributed by atoms with E-state index >= 15 is 0 Å². The van der Waals surface area contributed by atoms with Crippen LogP contribution in [0.15, 0.2) is 33.5 Å². The fourth-order valence-electron chi connectivity index (χ4n) is 4.85. The topological polar surface area (TPSA) is 290 Å². The number of ether oxygens (including phenoxy) is 4. The molecule has 0 aliphatic carbocycles. The first-order valence-electron chi connectivity index (χ1n) is 13.2. The van der Waals surface area contributed by atoms with E-state index < -0.39 is 125 Å². The Kier molecular flexibility index (Phi) is 8.51. The molecule has 0 radical (unpaired) electrons. The summed E-state index contributed by atoms with van der Waals surface area (Å²) in [6.45, 7) is 0.560. The van der Waals surface area contributed by atoms with E-state index in [1.54, 1.807) is 0 Å². The summed E-state index contributed by atoms with van der Waals surface area (Å²) in [5.74, 6) is -5.23. The molecule has 44 heavy (non-hydrogen) atoms. The molecule has 1 aromatic heterocycles. The summed E-state index contributed by atoms with van der Waals surface area (Å²) in [5, 5.41) is 111. The van der Waals surface area contributed by atoms with Crippen LogP contribution >= 0.6 is 0 Å². The zero-order chi connectivity index (χ0) is 32.2. The highest BCUT2D eigenvalue weighted by atomic mass is 16.7.